The summed E-state index contributed by atoms with van der Waals surface area (Å²) in [6.07, 6.45) is 6.06. The number of ether oxygens (including phenoxy) is 2. The number of hydrogen-bond acceptors (Lipinski definition) is 11. The Bertz CT molecular complexity index is 1240. The van der Waals surface area contributed by atoms with Crippen molar-refractivity contribution in [1.82, 2.24) is 35.3 Å². The van der Waals surface area contributed by atoms with E-state index < -0.39 is 0 Å². The lowest BCUT2D eigenvalue weighted by molar-refractivity contribution is 0.143. The van der Waals surface area contributed by atoms with Crippen LogP contribution in [0.3, 0.4) is 0 Å². The molecule has 0 radical (unpaired) electrons. The topological polar surface area (TPSA) is 140 Å². The Morgan fingerprint density at radius 2 is 2.03 bits per heavy atom. The fourth-order valence-electron chi connectivity index (χ4n) is 3.93. The summed E-state index contributed by atoms with van der Waals surface area (Å²) in [5.41, 5.74) is 1.62. The number of methoxy groups -OCH3 is 1. The van der Waals surface area contributed by atoms with Crippen LogP contribution in [0.25, 0.3) is 11.5 Å². The van der Waals surface area contributed by atoms with Gasteiger partial charge >= 0.3 is 0 Å². The molecule has 4 aromatic heterocycles. The van der Waals surface area contributed by atoms with E-state index in [1.54, 1.807) is 31.6 Å². The van der Waals surface area contributed by atoms with Crippen LogP contribution in [-0.4, -0.2) is 62.2 Å². The number of nitrogens with one attached hydrogen (secondary N) is 2. The minimum atomic E-state index is -0.0703. The average Bonchev–Trinajstić information content (AvgIpc) is 3.65. The summed E-state index contributed by atoms with van der Waals surface area (Å²) < 4.78 is 16.6. The molecule has 1 fully saturated rings. The highest BCUT2D eigenvalue weighted by Crippen LogP contribution is 2.37. The van der Waals surface area contributed by atoms with Gasteiger partial charge in [-0.25, -0.2) is 9.97 Å². The summed E-state index contributed by atoms with van der Waals surface area (Å²) in [5.74, 6) is 3.48. The summed E-state index contributed by atoms with van der Waals surface area (Å²) in [5, 5.41) is 14.7. The first-order valence-corrected chi connectivity index (χ1v) is 11.6. The lowest BCUT2D eigenvalue weighted by atomic mass is 10.1. The molecule has 0 aromatic carbocycles. The Kier molecular flexibility index (Phi) is 6.80. The van der Waals surface area contributed by atoms with Crippen molar-refractivity contribution < 1.29 is 14.0 Å². The number of nitrogens with zero attached hydrogens (tertiary/aromatic N) is 7. The second-order valence-electron chi connectivity index (χ2n) is 8.03. The van der Waals surface area contributed by atoms with E-state index in [0.717, 1.165) is 31.5 Å². The van der Waals surface area contributed by atoms with Gasteiger partial charge in [0.2, 0.25) is 11.8 Å². The second-order valence-corrected chi connectivity index (χ2v) is 8.03. The van der Waals surface area contributed by atoms with Crippen LogP contribution in [0.15, 0.2) is 41.2 Å². The van der Waals surface area contributed by atoms with Gasteiger partial charge < -0.3 is 24.2 Å². The van der Waals surface area contributed by atoms with Gasteiger partial charge in [-0.1, -0.05) is 12.1 Å². The van der Waals surface area contributed by atoms with Crippen molar-refractivity contribution in [1.29, 1.82) is 0 Å². The highest BCUT2D eigenvalue weighted by atomic mass is 16.5. The van der Waals surface area contributed by atoms with Gasteiger partial charge in [0.15, 0.2) is 23.1 Å². The van der Waals surface area contributed by atoms with Crippen LogP contribution >= 0.6 is 0 Å². The van der Waals surface area contributed by atoms with Crippen LogP contribution < -0.4 is 15.0 Å². The molecule has 0 saturated carbocycles. The van der Waals surface area contributed by atoms with E-state index in [1.165, 1.54) is 0 Å². The van der Waals surface area contributed by atoms with Gasteiger partial charge in [-0.05, 0) is 25.3 Å². The standard InChI is InChI=1S/C23H27N9O3/c1-3-15-12-20(30-29-15)26-19-14-21(34-11-10-33-2)28-23(27-19)32-9-4-6-17(32)18-13-16(31-35-18)22-24-7-5-8-25-22/h5,7-8,12-14,17H,3-4,6,9-11H2,1-2H3,(H2,26,27,28,29,30). The molecule has 1 aliphatic heterocycles. The molecule has 0 spiro atoms. The van der Waals surface area contributed by atoms with Crippen molar-refractivity contribution in [3.63, 3.8) is 0 Å². The SMILES string of the molecule is CCc1cc(Nc2cc(OCCOC)nc(N3CCCC3c3cc(-c4ncccn4)no3)n2)n[nH]1. The number of anilines is 3. The molecule has 1 saturated heterocycles. The van der Waals surface area contributed by atoms with Crippen molar-refractivity contribution in [2.45, 2.75) is 32.2 Å². The first-order valence-electron chi connectivity index (χ1n) is 11.6. The fraction of sp³-hybridized carbons (Fsp3) is 0.391. The third kappa shape index (κ3) is 5.22. The molecule has 5 heterocycles. The lowest BCUT2D eigenvalue weighted by Gasteiger charge is -2.23. The van der Waals surface area contributed by atoms with Crippen molar-refractivity contribution in [3.8, 4) is 17.4 Å². The lowest BCUT2D eigenvalue weighted by Crippen LogP contribution is -2.25. The zero-order chi connectivity index (χ0) is 24.0. The number of rotatable bonds is 10. The van der Waals surface area contributed by atoms with Crippen LogP contribution in [0, 0.1) is 0 Å². The van der Waals surface area contributed by atoms with Crippen LogP contribution in [0.1, 0.15) is 37.3 Å². The Balaban J connectivity index is 1.42. The maximum Gasteiger partial charge on any atom is 0.231 e. The predicted molar refractivity (Wildman–Crippen MR) is 128 cm³/mol. The van der Waals surface area contributed by atoms with Gasteiger partial charge in [-0.3, -0.25) is 5.10 Å². The van der Waals surface area contributed by atoms with Crippen molar-refractivity contribution >= 4 is 17.6 Å². The highest BCUT2D eigenvalue weighted by molar-refractivity contribution is 5.56. The molecule has 0 bridgehead atoms. The monoisotopic (exact) mass is 477 g/mol. The molecule has 12 nitrogen and oxygen atoms in total. The van der Waals surface area contributed by atoms with Gasteiger partial charge in [-0.2, -0.15) is 15.1 Å². The van der Waals surface area contributed by atoms with Crippen molar-refractivity contribution in [2.24, 2.45) is 0 Å². The third-order valence-electron chi connectivity index (χ3n) is 5.66. The quantitative estimate of drug-likeness (QED) is 0.325. The molecule has 1 unspecified atom stereocenters. The van der Waals surface area contributed by atoms with Crippen LogP contribution in [0.4, 0.5) is 17.6 Å². The molecule has 0 aliphatic carbocycles. The fourth-order valence-corrected chi connectivity index (χ4v) is 3.93. The van der Waals surface area contributed by atoms with Gasteiger partial charge in [0.25, 0.3) is 0 Å². The number of aromatic nitrogens is 7. The maximum atomic E-state index is 5.83. The molecule has 35 heavy (non-hydrogen) atoms. The number of aromatic amines is 1. The Hall–Kier alpha value is -4.06. The summed E-state index contributed by atoms with van der Waals surface area (Å²) in [7, 11) is 1.63. The molecule has 5 rings (SSSR count). The summed E-state index contributed by atoms with van der Waals surface area (Å²) in [4.78, 5) is 20.1. The van der Waals surface area contributed by atoms with E-state index in [0.29, 0.717) is 54.0 Å². The van der Waals surface area contributed by atoms with Crippen molar-refractivity contribution in [3.05, 3.63) is 48.1 Å². The molecule has 12 heteroatoms. The predicted octanol–water partition coefficient (Wildman–Crippen LogP) is 3.32. The Morgan fingerprint density at radius 3 is 2.83 bits per heavy atom. The van der Waals surface area contributed by atoms with Gasteiger partial charge in [0.1, 0.15) is 12.4 Å². The van der Waals surface area contributed by atoms with Gasteiger partial charge in [-0.15, -0.1) is 0 Å². The largest absolute Gasteiger partial charge is 0.475 e. The highest BCUT2D eigenvalue weighted by Gasteiger charge is 2.32. The minimum absolute atomic E-state index is 0.0703. The average molecular weight is 478 g/mol. The van der Waals surface area contributed by atoms with E-state index >= 15 is 0 Å². The second kappa shape index (κ2) is 10.5. The van der Waals surface area contributed by atoms with E-state index in [4.69, 9.17) is 19.0 Å². The zero-order valence-corrected chi connectivity index (χ0v) is 19.6. The third-order valence-corrected chi connectivity index (χ3v) is 5.66. The van der Waals surface area contributed by atoms with Crippen LogP contribution in [0.2, 0.25) is 0 Å². The van der Waals surface area contributed by atoms with Gasteiger partial charge in [0.05, 0.1) is 12.6 Å². The van der Waals surface area contributed by atoms with E-state index in [-0.39, 0.29) is 6.04 Å². The van der Waals surface area contributed by atoms with E-state index in [9.17, 15) is 0 Å². The van der Waals surface area contributed by atoms with Crippen LogP contribution in [0.5, 0.6) is 5.88 Å². The Morgan fingerprint density at radius 1 is 1.14 bits per heavy atom. The normalized spacial score (nSPS) is 15.5. The first-order chi connectivity index (χ1) is 17.2. The number of H-pyrrole nitrogens is 1. The number of hydrogen-bond donors (Lipinski definition) is 2. The summed E-state index contributed by atoms with van der Waals surface area (Å²) in [6, 6.07) is 7.28. The molecular weight excluding hydrogens is 450 g/mol. The number of aryl methyl sites for hydroxylation is 1. The van der Waals surface area contributed by atoms with Crippen molar-refractivity contribution in [2.75, 3.05) is 37.1 Å². The minimum Gasteiger partial charge on any atom is -0.475 e. The van der Waals surface area contributed by atoms with E-state index in [1.807, 2.05) is 12.1 Å². The molecule has 2 N–H and O–H groups in total. The van der Waals surface area contributed by atoms with E-state index in [2.05, 4.69) is 47.4 Å². The molecule has 0 amide bonds. The molecule has 1 atom stereocenters. The van der Waals surface area contributed by atoms with Gasteiger partial charge in [0, 0.05) is 49.9 Å². The molecule has 182 valence electrons. The maximum absolute atomic E-state index is 5.83. The summed E-state index contributed by atoms with van der Waals surface area (Å²) in [6.45, 7) is 3.66. The molecule has 4 aromatic rings. The smallest absolute Gasteiger partial charge is 0.231 e. The zero-order valence-electron chi connectivity index (χ0n) is 19.6. The Labute approximate surface area is 202 Å². The first kappa shape index (κ1) is 22.7. The summed E-state index contributed by atoms with van der Waals surface area (Å²) >= 11 is 0. The molecule has 1 aliphatic rings. The van der Waals surface area contributed by atoms with Crippen LogP contribution in [-0.2, 0) is 11.2 Å². The molecular formula is C23H27N9O3.